The second-order valence-electron chi connectivity index (χ2n) is 7.75. The molecule has 8 heteroatoms. The highest BCUT2D eigenvalue weighted by molar-refractivity contribution is 5.80. The van der Waals surface area contributed by atoms with Crippen molar-refractivity contribution < 1.29 is 28.6 Å². The molecule has 4 rings (SSSR count). The van der Waals surface area contributed by atoms with Gasteiger partial charge < -0.3 is 24.4 Å². The maximum absolute atomic E-state index is 14.8. The fourth-order valence-electron chi connectivity index (χ4n) is 3.97. The van der Waals surface area contributed by atoms with Crippen molar-refractivity contribution in [2.24, 2.45) is 0 Å². The van der Waals surface area contributed by atoms with Crippen LogP contribution in [0.1, 0.15) is 23.5 Å². The van der Waals surface area contributed by atoms with Crippen LogP contribution in [-0.2, 0) is 20.9 Å². The fraction of sp³-hybridized carbons (Fsp3) is 0.391. The first-order chi connectivity index (χ1) is 15.0. The van der Waals surface area contributed by atoms with Crippen molar-refractivity contribution in [3.8, 4) is 0 Å². The highest BCUT2D eigenvalue weighted by Crippen LogP contribution is 2.33. The van der Waals surface area contributed by atoms with Crippen molar-refractivity contribution in [1.82, 2.24) is 4.90 Å². The lowest BCUT2D eigenvalue weighted by Gasteiger charge is -2.35. The zero-order valence-electron chi connectivity index (χ0n) is 17.1. The number of piperazine rings is 1. The number of amides is 1. The lowest BCUT2D eigenvalue weighted by atomic mass is 9.95. The number of aliphatic hydroxyl groups excluding tert-OH is 1. The molecule has 2 unspecified atom stereocenters. The van der Waals surface area contributed by atoms with Crippen LogP contribution in [0.3, 0.4) is 0 Å². The summed E-state index contributed by atoms with van der Waals surface area (Å²) >= 11 is 0. The second kappa shape index (κ2) is 9.34. The Kier molecular flexibility index (Phi) is 6.36. The molecule has 2 saturated heterocycles. The SMILES string of the molecule is O=C1OC(CO)CC1c1ccc(N2CCN(C(=O)OCc3ccccc3)CC2)c(F)c1. The second-order valence-corrected chi connectivity index (χ2v) is 7.75. The largest absolute Gasteiger partial charge is 0.459 e. The lowest BCUT2D eigenvalue weighted by molar-refractivity contribution is -0.143. The van der Waals surface area contributed by atoms with Crippen LogP contribution in [-0.4, -0.2) is 61.0 Å². The summed E-state index contributed by atoms with van der Waals surface area (Å²) in [6.07, 6.45) is -0.565. The molecule has 31 heavy (non-hydrogen) atoms. The summed E-state index contributed by atoms with van der Waals surface area (Å²) in [5, 5.41) is 9.17. The van der Waals surface area contributed by atoms with Crippen LogP contribution in [0.15, 0.2) is 48.5 Å². The number of carbonyl (C=O) groups excluding carboxylic acids is 2. The van der Waals surface area contributed by atoms with Crippen molar-refractivity contribution >= 4 is 17.7 Å². The van der Waals surface area contributed by atoms with Crippen LogP contribution < -0.4 is 4.90 Å². The number of nitrogens with zero attached hydrogens (tertiary/aromatic N) is 2. The molecule has 0 saturated carbocycles. The molecule has 2 aromatic carbocycles. The van der Waals surface area contributed by atoms with Gasteiger partial charge in [-0.15, -0.1) is 0 Å². The lowest BCUT2D eigenvalue weighted by Crippen LogP contribution is -2.49. The van der Waals surface area contributed by atoms with Gasteiger partial charge in [0.15, 0.2) is 0 Å². The molecule has 2 aromatic rings. The number of benzene rings is 2. The van der Waals surface area contributed by atoms with E-state index in [1.54, 1.807) is 17.0 Å². The van der Waals surface area contributed by atoms with E-state index in [-0.39, 0.29) is 19.3 Å². The van der Waals surface area contributed by atoms with Crippen molar-refractivity contribution in [3.63, 3.8) is 0 Å². The minimum absolute atomic E-state index is 0.219. The van der Waals surface area contributed by atoms with Crippen molar-refractivity contribution in [2.45, 2.75) is 25.0 Å². The van der Waals surface area contributed by atoms with Gasteiger partial charge >= 0.3 is 12.1 Å². The molecule has 0 aromatic heterocycles. The van der Waals surface area contributed by atoms with Crippen LogP contribution in [0.5, 0.6) is 0 Å². The van der Waals surface area contributed by atoms with E-state index in [0.717, 1.165) is 5.56 Å². The number of cyclic esters (lactones) is 1. The summed E-state index contributed by atoms with van der Waals surface area (Å²) in [6.45, 7) is 1.81. The van der Waals surface area contributed by atoms with Crippen LogP contribution >= 0.6 is 0 Å². The zero-order chi connectivity index (χ0) is 21.8. The highest BCUT2D eigenvalue weighted by atomic mass is 19.1. The van der Waals surface area contributed by atoms with Gasteiger partial charge in [0.1, 0.15) is 18.5 Å². The highest BCUT2D eigenvalue weighted by Gasteiger charge is 2.35. The van der Waals surface area contributed by atoms with Crippen molar-refractivity contribution in [3.05, 3.63) is 65.5 Å². The number of carbonyl (C=O) groups is 2. The van der Waals surface area contributed by atoms with E-state index in [0.29, 0.717) is 43.9 Å². The van der Waals surface area contributed by atoms with E-state index < -0.39 is 23.8 Å². The van der Waals surface area contributed by atoms with Crippen LogP contribution in [0.4, 0.5) is 14.9 Å². The predicted octanol–water partition coefficient (Wildman–Crippen LogP) is 2.68. The molecule has 2 aliphatic rings. The number of anilines is 1. The van der Waals surface area contributed by atoms with E-state index in [1.807, 2.05) is 35.2 Å². The number of halogens is 1. The molecular formula is C23H25FN2O5. The van der Waals surface area contributed by atoms with Crippen LogP contribution in [0.2, 0.25) is 0 Å². The van der Waals surface area contributed by atoms with Crippen molar-refractivity contribution in [2.75, 3.05) is 37.7 Å². The molecule has 0 radical (unpaired) electrons. The predicted molar refractivity (Wildman–Crippen MR) is 111 cm³/mol. The molecule has 0 spiro atoms. The Bertz CT molecular complexity index is 931. The third kappa shape index (κ3) is 4.80. The van der Waals surface area contributed by atoms with Gasteiger partial charge in [-0.3, -0.25) is 4.79 Å². The van der Waals surface area contributed by atoms with Gasteiger partial charge in [0, 0.05) is 32.6 Å². The molecular weight excluding hydrogens is 403 g/mol. The molecule has 2 heterocycles. The maximum Gasteiger partial charge on any atom is 0.410 e. The normalized spacial score (nSPS) is 21.2. The first kappa shape index (κ1) is 21.1. The zero-order valence-corrected chi connectivity index (χ0v) is 17.1. The summed E-state index contributed by atoms with van der Waals surface area (Å²) in [5.41, 5.74) is 1.91. The number of aliphatic hydroxyl groups is 1. The summed E-state index contributed by atoms with van der Waals surface area (Å²) in [4.78, 5) is 27.8. The van der Waals surface area contributed by atoms with Gasteiger partial charge in [-0.25, -0.2) is 9.18 Å². The Hall–Kier alpha value is -3.13. The molecule has 0 bridgehead atoms. The molecule has 0 aliphatic carbocycles. The molecule has 2 fully saturated rings. The Morgan fingerprint density at radius 1 is 1.13 bits per heavy atom. The van der Waals surface area contributed by atoms with E-state index in [1.165, 1.54) is 6.07 Å². The monoisotopic (exact) mass is 428 g/mol. The summed E-state index contributed by atoms with van der Waals surface area (Å²) in [7, 11) is 0. The Balaban J connectivity index is 1.32. The van der Waals surface area contributed by atoms with E-state index in [2.05, 4.69) is 0 Å². The Morgan fingerprint density at radius 2 is 1.87 bits per heavy atom. The topological polar surface area (TPSA) is 79.3 Å². The number of ether oxygens (including phenoxy) is 2. The molecule has 1 amide bonds. The first-order valence-corrected chi connectivity index (χ1v) is 10.4. The average Bonchev–Trinajstić information content (AvgIpc) is 3.19. The number of esters is 1. The molecule has 2 aliphatic heterocycles. The molecule has 164 valence electrons. The maximum atomic E-state index is 14.8. The van der Waals surface area contributed by atoms with Gasteiger partial charge in [-0.1, -0.05) is 36.4 Å². The van der Waals surface area contributed by atoms with Gasteiger partial charge in [-0.2, -0.15) is 0 Å². The van der Waals surface area contributed by atoms with Gasteiger partial charge in [0.05, 0.1) is 18.2 Å². The Morgan fingerprint density at radius 3 is 2.52 bits per heavy atom. The van der Waals surface area contributed by atoms with E-state index >= 15 is 0 Å². The minimum atomic E-state index is -0.558. The van der Waals surface area contributed by atoms with E-state index in [9.17, 15) is 19.1 Å². The van der Waals surface area contributed by atoms with Gasteiger partial charge in [0.25, 0.3) is 0 Å². The van der Waals surface area contributed by atoms with Crippen LogP contribution in [0.25, 0.3) is 0 Å². The first-order valence-electron chi connectivity index (χ1n) is 10.4. The average molecular weight is 428 g/mol. The van der Waals surface area contributed by atoms with Crippen LogP contribution in [0, 0.1) is 5.82 Å². The molecule has 2 atom stereocenters. The third-order valence-electron chi connectivity index (χ3n) is 5.73. The third-order valence-corrected chi connectivity index (χ3v) is 5.73. The van der Waals surface area contributed by atoms with Gasteiger partial charge in [0.2, 0.25) is 0 Å². The minimum Gasteiger partial charge on any atom is -0.459 e. The molecule has 1 N–H and O–H groups in total. The van der Waals surface area contributed by atoms with Crippen molar-refractivity contribution in [1.29, 1.82) is 0 Å². The molecule has 7 nitrogen and oxygen atoms in total. The Labute approximate surface area is 180 Å². The smallest absolute Gasteiger partial charge is 0.410 e. The number of hydrogen-bond acceptors (Lipinski definition) is 6. The fourth-order valence-corrected chi connectivity index (χ4v) is 3.97. The van der Waals surface area contributed by atoms with E-state index in [4.69, 9.17) is 9.47 Å². The summed E-state index contributed by atoms with van der Waals surface area (Å²) < 4.78 is 25.3. The quantitative estimate of drug-likeness (QED) is 0.738. The standard InChI is InChI=1S/C23H25FN2O5/c24-20-12-17(19-13-18(14-27)31-22(19)28)6-7-21(20)25-8-10-26(11-9-25)23(29)30-15-16-4-2-1-3-5-16/h1-7,12,18-19,27H,8-11,13-15H2. The number of hydrogen-bond donors (Lipinski definition) is 1. The number of rotatable bonds is 5. The van der Waals surface area contributed by atoms with Gasteiger partial charge in [-0.05, 0) is 23.3 Å². The summed E-state index contributed by atoms with van der Waals surface area (Å²) in [6, 6.07) is 14.2. The summed E-state index contributed by atoms with van der Waals surface area (Å²) in [5.74, 6) is -1.41.